The fourth-order valence-corrected chi connectivity index (χ4v) is 0.814. The van der Waals surface area contributed by atoms with Crippen LogP contribution in [0.3, 0.4) is 0 Å². The summed E-state index contributed by atoms with van der Waals surface area (Å²) in [6.07, 6.45) is 6.45. The number of rotatable bonds is 4. The molecule has 0 aliphatic rings. The van der Waals surface area contributed by atoms with Gasteiger partial charge >= 0.3 is 5.97 Å². The highest BCUT2D eigenvalue weighted by atomic mass is 16.5. The van der Waals surface area contributed by atoms with E-state index in [0.29, 0.717) is 0 Å². The molecule has 0 rings (SSSR count). The first kappa shape index (κ1) is 11.3. The van der Waals surface area contributed by atoms with Crippen LogP contribution in [0.4, 0.5) is 0 Å². The SMILES string of the molecule is C#CC(C(=O)OCC)C(C#N)C=C. The third kappa shape index (κ3) is 3.01. The molecule has 2 atom stereocenters. The van der Waals surface area contributed by atoms with Gasteiger partial charge in [-0.3, -0.25) is 4.79 Å². The summed E-state index contributed by atoms with van der Waals surface area (Å²) in [7, 11) is 0. The Morgan fingerprint density at radius 1 is 1.85 bits per heavy atom. The highest BCUT2D eigenvalue weighted by molar-refractivity contribution is 5.76. The molecule has 0 spiro atoms. The van der Waals surface area contributed by atoms with Crippen LogP contribution in [0.15, 0.2) is 12.7 Å². The summed E-state index contributed by atoms with van der Waals surface area (Å²) in [5.41, 5.74) is 0. The van der Waals surface area contributed by atoms with Crippen LogP contribution in [0.5, 0.6) is 0 Å². The average Bonchev–Trinajstić information content (AvgIpc) is 2.14. The largest absolute Gasteiger partial charge is 0.465 e. The Morgan fingerprint density at radius 3 is 2.77 bits per heavy atom. The van der Waals surface area contributed by atoms with E-state index in [1.54, 1.807) is 6.92 Å². The van der Waals surface area contributed by atoms with Gasteiger partial charge in [-0.15, -0.1) is 13.0 Å². The number of hydrogen-bond acceptors (Lipinski definition) is 3. The second-order valence-corrected chi connectivity index (χ2v) is 2.29. The maximum Gasteiger partial charge on any atom is 0.322 e. The number of hydrogen-bond donors (Lipinski definition) is 0. The molecule has 2 unspecified atom stereocenters. The van der Waals surface area contributed by atoms with E-state index in [-0.39, 0.29) is 6.61 Å². The van der Waals surface area contributed by atoms with Gasteiger partial charge in [-0.2, -0.15) is 5.26 Å². The second-order valence-electron chi connectivity index (χ2n) is 2.29. The van der Waals surface area contributed by atoms with Crippen molar-refractivity contribution >= 4 is 5.97 Å². The molecule has 0 aromatic heterocycles. The smallest absolute Gasteiger partial charge is 0.322 e. The van der Waals surface area contributed by atoms with Gasteiger partial charge in [0.25, 0.3) is 0 Å². The molecule has 0 saturated heterocycles. The highest BCUT2D eigenvalue weighted by Crippen LogP contribution is 2.13. The number of carbonyl (C=O) groups excluding carboxylic acids is 1. The lowest BCUT2D eigenvalue weighted by molar-refractivity contribution is -0.146. The molecule has 0 N–H and O–H groups in total. The molecule has 0 fully saturated rings. The number of nitriles is 1. The van der Waals surface area contributed by atoms with Gasteiger partial charge in [0.1, 0.15) is 5.92 Å². The molecule has 13 heavy (non-hydrogen) atoms. The van der Waals surface area contributed by atoms with Gasteiger partial charge in [-0.05, 0) is 6.92 Å². The Hall–Kier alpha value is -1.74. The van der Waals surface area contributed by atoms with Gasteiger partial charge < -0.3 is 4.74 Å². The first-order valence-corrected chi connectivity index (χ1v) is 3.86. The number of nitrogens with zero attached hydrogens (tertiary/aromatic N) is 1. The molecule has 3 nitrogen and oxygen atoms in total. The molecule has 0 aromatic carbocycles. The number of carbonyl (C=O) groups is 1. The van der Waals surface area contributed by atoms with Crippen molar-refractivity contribution in [3.8, 4) is 18.4 Å². The van der Waals surface area contributed by atoms with Crippen molar-refractivity contribution in [1.29, 1.82) is 5.26 Å². The molecule has 0 saturated carbocycles. The fourth-order valence-electron chi connectivity index (χ4n) is 0.814. The monoisotopic (exact) mass is 177 g/mol. The summed E-state index contributed by atoms with van der Waals surface area (Å²) in [6, 6.07) is 1.88. The molecule has 0 aliphatic carbocycles. The standard InChI is InChI=1S/C10H11NO2/c1-4-8(7-11)9(5-2)10(12)13-6-3/h2,4,8-9H,1,6H2,3H3. The predicted octanol–water partition coefficient (Wildman–Crippen LogP) is 1.12. The van der Waals surface area contributed by atoms with Crippen molar-refractivity contribution in [1.82, 2.24) is 0 Å². The minimum absolute atomic E-state index is 0.256. The van der Waals surface area contributed by atoms with Crippen LogP contribution in [0.2, 0.25) is 0 Å². The minimum atomic E-state index is -0.845. The Bertz CT molecular complexity index is 270. The number of ether oxygens (including phenoxy) is 1. The van der Waals surface area contributed by atoms with Gasteiger partial charge in [-0.1, -0.05) is 12.0 Å². The van der Waals surface area contributed by atoms with E-state index in [1.807, 2.05) is 6.07 Å². The van der Waals surface area contributed by atoms with Crippen LogP contribution < -0.4 is 0 Å². The van der Waals surface area contributed by atoms with Gasteiger partial charge in [-0.25, -0.2) is 0 Å². The molecule has 0 aromatic rings. The van der Waals surface area contributed by atoms with Crippen molar-refractivity contribution in [3.63, 3.8) is 0 Å². The summed E-state index contributed by atoms with van der Waals surface area (Å²) >= 11 is 0. The van der Waals surface area contributed by atoms with Crippen molar-refractivity contribution in [2.24, 2.45) is 11.8 Å². The molecule has 0 amide bonds. The van der Waals surface area contributed by atoms with E-state index in [1.165, 1.54) is 6.08 Å². The zero-order valence-electron chi connectivity index (χ0n) is 7.49. The predicted molar refractivity (Wildman–Crippen MR) is 48.3 cm³/mol. The Labute approximate surface area is 78.0 Å². The van der Waals surface area contributed by atoms with E-state index in [2.05, 4.69) is 12.5 Å². The fraction of sp³-hybridized carbons (Fsp3) is 0.400. The van der Waals surface area contributed by atoms with E-state index in [4.69, 9.17) is 16.4 Å². The third-order valence-electron chi connectivity index (χ3n) is 1.48. The number of terminal acetylenes is 1. The van der Waals surface area contributed by atoms with Crippen LogP contribution in [0.25, 0.3) is 0 Å². The van der Waals surface area contributed by atoms with Crippen molar-refractivity contribution in [2.75, 3.05) is 6.61 Å². The first-order valence-electron chi connectivity index (χ1n) is 3.86. The summed E-state index contributed by atoms with van der Waals surface area (Å²) in [4.78, 5) is 11.2. The molecule has 0 bridgehead atoms. The van der Waals surface area contributed by atoms with E-state index in [0.717, 1.165) is 0 Å². The van der Waals surface area contributed by atoms with Crippen molar-refractivity contribution in [3.05, 3.63) is 12.7 Å². The Morgan fingerprint density at radius 2 is 2.46 bits per heavy atom. The molecular formula is C10H11NO2. The number of allylic oxidation sites excluding steroid dienone is 1. The van der Waals surface area contributed by atoms with Gasteiger partial charge in [0.2, 0.25) is 0 Å². The van der Waals surface area contributed by atoms with Crippen molar-refractivity contribution < 1.29 is 9.53 Å². The van der Waals surface area contributed by atoms with Crippen LogP contribution in [0, 0.1) is 35.5 Å². The first-order chi connectivity index (χ1) is 6.21. The van der Waals surface area contributed by atoms with Gasteiger partial charge in [0.05, 0.1) is 18.6 Å². The normalized spacial score (nSPS) is 13.2. The number of esters is 1. The summed E-state index contributed by atoms with van der Waals surface area (Å²) in [5, 5.41) is 8.62. The molecule has 68 valence electrons. The average molecular weight is 177 g/mol. The molecule has 0 aliphatic heterocycles. The maximum absolute atomic E-state index is 11.2. The maximum atomic E-state index is 11.2. The van der Waals surface area contributed by atoms with Crippen LogP contribution in [0.1, 0.15) is 6.92 Å². The summed E-state index contributed by atoms with van der Waals surface area (Å²) in [5.74, 6) is 0.154. The second kappa shape index (κ2) is 5.85. The van der Waals surface area contributed by atoms with Crippen molar-refractivity contribution in [2.45, 2.75) is 6.92 Å². The molecular weight excluding hydrogens is 166 g/mol. The topological polar surface area (TPSA) is 50.1 Å². The zero-order chi connectivity index (χ0) is 10.3. The van der Waals surface area contributed by atoms with E-state index >= 15 is 0 Å². The van der Waals surface area contributed by atoms with E-state index in [9.17, 15) is 4.79 Å². The van der Waals surface area contributed by atoms with Gasteiger partial charge in [0.15, 0.2) is 0 Å². The third-order valence-corrected chi connectivity index (χ3v) is 1.48. The molecule has 3 heteroatoms. The lowest BCUT2D eigenvalue weighted by Gasteiger charge is -2.11. The molecule has 0 heterocycles. The summed E-state index contributed by atoms with van der Waals surface area (Å²) < 4.78 is 4.70. The van der Waals surface area contributed by atoms with Crippen LogP contribution >= 0.6 is 0 Å². The van der Waals surface area contributed by atoms with Crippen LogP contribution in [-0.2, 0) is 9.53 Å². The van der Waals surface area contributed by atoms with Crippen LogP contribution in [-0.4, -0.2) is 12.6 Å². The molecule has 0 radical (unpaired) electrons. The zero-order valence-corrected chi connectivity index (χ0v) is 7.49. The Kier molecular flexibility index (Phi) is 5.07. The summed E-state index contributed by atoms with van der Waals surface area (Å²) in [6.45, 7) is 5.35. The minimum Gasteiger partial charge on any atom is -0.465 e. The quantitative estimate of drug-likeness (QED) is 0.367. The lowest BCUT2D eigenvalue weighted by atomic mass is 9.95. The Balaban J connectivity index is 4.52. The van der Waals surface area contributed by atoms with Gasteiger partial charge in [0, 0.05) is 0 Å². The lowest BCUT2D eigenvalue weighted by Crippen LogP contribution is -2.22. The van der Waals surface area contributed by atoms with E-state index < -0.39 is 17.8 Å². The highest BCUT2D eigenvalue weighted by Gasteiger charge is 2.25.